The van der Waals surface area contributed by atoms with Gasteiger partial charge in [-0.15, -0.1) is 6.58 Å². The highest BCUT2D eigenvalue weighted by Gasteiger charge is 2.23. The number of hydrogen-bond donors (Lipinski definition) is 1. The van der Waals surface area contributed by atoms with E-state index < -0.39 is 5.60 Å². The first-order valence-corrected chi connectivity index (χ1v) is 4.97. The maximum Gasteiger partial charge on any atom is 0.119 e. The molecule has 0 bridgehead atoms. The van der Waals surface area contributed by atoms with Crippen LogP contribution in [0.2, 0.25) is 0 Å². The minimum absolute atomic E-state index is 0.556. The van der Waals surface area contributed by atoms with Gasteiger partial charge in [-0.25, -0.2) is 0 Å². The van der Waals surface area contributed by atoms with E-state index in [1.165, 1.54) is 0 Å². The molecular formula is C13H18O2. The smallest absolute Gasteiger partial charge is 0.119 e. The van der Waals surface area contributed by atoms with Crippen LogP contribution in [0, 0.1) is 0 Å². The van der Waals surface area contributed by atoms with E-state index in [2.05, 4.69) is 6.58 Å². The zero-order valence-electron chi connectivity index (χ0n) is 9.58. The maximum absolute atomic E-state index is 10.3. The Labute approximate surface area is 91.2 Å². The van der Waals surface area contributed by atoms with Gasteiger partial charge in [-0.05, 0) is 31.5 Å². The Hall–Kier alpha value is -1.28. The van der Waals surface area contributed by atoms with Gasteiger partial charge in [0.1, 0.15) is 5.75 Å². The lowest BCUT2D eigenvalue weighted by Gasteiger charge is -2.24. The molecule has 1 rings (SSSR count). The number of methoxy groups -OCH3 is 1. The molecule has 0 aromatic heterocycles. The molecule has 0 aliphatic heterocycles. The zero-order chi connectivity index (χ0) is 11.5. The standard InChI is InChI=1S/C13H18O2/c1-10(2)9-13(3,14)11-6-5-7-12(8-11)15-4/h5-8,14H,1,9H2,2-4H3/t13-/m0/s1. The van der Waals surface area contributed by atoms with Gasteiger partial charge < -0.3 is 9.84 Å². The number of benzene rings is 1. The molecule has 0 aliphatic carbocycles. The van der Waals surface area contributed by atoms with Gasteiger partial charge in [-0.1, -0.05) is 17.7 Å². The number of rotatable bonds is 4. The van der Waals surface area contributed by atoms with Gasteiger partial charge in [-0.3, -0.25) is 0 Å². The Morgan fingerprint density at radius 1 is 1.53 bits per heavy atom. The molecule has 15 heavy (non-hydrogen) atoms. The van der Waals surface area contributed by atoms with Crippen LogP contribution >= 0.6 is 0 Å². The van der Waals surface area contributed by atoms with Crippen molar-refractivity contribution >= 4 is 0 Å². The lowest BCUT2D eigenvalue weighted by Crippen LogP contribution is -2.21. The fourth-order valence-electron chi connectivity index (χ4n) is 1.65. The first-order valence-electron chi connectivity index (χ1n) is 4.97. The van der Waals surface area contributed by atoms with Gasteiger partial charge in [0.05, 0.1) is 12.7 Å². The van der Waals surface area contributed by atoms with Gasteiger partial charge in [0.15, 0.2) is 0 Å². The van der Waals surface area contributed by atoms with Gasteiger partial charge in [-0.2, -0.15) is 0 Å². The van der Waals surface area contributed by atoms with E-state index in [-0.39, 0.29) is 0 Å². The molecule has 0 radical (unpaired) electrons. The zero-order valence-corrected chi connectivity index (χ0v) is 9.58. The minimum Gasteiger partial charge on any atom is -0.497 e. The molecule has 0 fully saturated rings. The molecule has 1 atom stereocenters. The number of hydrogen-bond acceptors (Lipinski definition) is 2. The van der Waals surface area contributed by atoms with Crippen LogP contribution in [0.25, 0.3) is 0 Å². The highest BCUT2D eigenvalue weighted by atomic mass is 16.5. The van der Waals surface area contributed by atoms with Crippen LogP contribution in [0.5, 0.6) is 5.75 Å². The quantitative estimate of drug-likeness (QED) is 0.767. The SMILES string of the molecule is C=C(C)C[C@](C)(O)c1cccc(OC)c1. The summed E-state index contributed by atoms with van der Waals surface area (Å²) in [7, 11) is 1.62. The lowest BCUT2D eigenvalue weighted by molar-refractivity contribution is 0.0575. The van der Waals surface area contributed by atoms with Crippen molar-refractivity contribution in [3.8, 4) is 5.75 Å². The van der Waals surface area contributed by atoms with E-state index >= 15 is 0 Å². The average molecular weight is 206 g/mol. The van der Waals surface area contributed by atoms with Crippen LogP contribution < -0.4 is 4.74 Å². The topological polar surface area (TPSA) is 29.5 Å². The van der Waals surface area contributed by atoms with Crippen LogP contribution in [0.4, 0.5) is 0 Å². The second kappa shape index (κ2) is 4.49. The molecule has 0 aliphatic rings. The summed E-state index contributed by atoms with van der Waals surface area (Å²) in [6.45, 7) is 7.52. The van der Waals surface area contributed by atoms with Crippen molar-refractivity contribution in [3.63, 3.8) is 0 Å². The monoisotopic (exact) mass is 206 g/mol. The molecular weight excluding hydrogens is 188 g/mol. The largest absolute Gasteiger partial charge is 0.497 e. The Morgan fingerprint density at radius 2 is 2.20 bits per heavy atom. The Morgan fingerprint density at radius 3 is 2.73 bits per heavy atom. The maximum atomic E-state index is 10.3. The normalized spacial score (nSPS) is 14.4. The van der Waals surface area contributed by atoms with Crippen molar-refractivity contribution < 1.29 is 9.84 Å². The summed E-state index contributed by atoms with van der Waals surface area (Å²) < 4.78 is 5.12. The average Bonchev–Trinajstić information content (AvgIpc) is 2.16. The molecule has 0 heterocycles. The molecule has 82 valence electrons. The molecule has 0 spiro atoms. The third-order valence-corrected chi connectivity index (χ3v) is 2.34. The molecule has 2 nitrogen and oxygen atoms in total. The first kappa shape index (κ1) is 11.8. The summed E-state index contributed by atoms with van der Waals surface area (Å²) in [4.78, 5) is 0. The van der Waals surface area contributed by atoms with Gasteiger partial charge in [0.25, 0.3) is 0 Å². The number of ether oxygens (including phenoxy) is 1. The molecule has 0 saturated heterocycles. The third kappa shape index (κ3) is 3.10. The van der Waals surface area contributed by atoms with E-state index in [1.807, 2.05) is 31.2 Å². The lowest BCUT2D eigenvalue weighted by atomic mass is 9.90. The summed E-state index contributed by atoms with van der Waals surface area (Å²) in [5.74, 6) is 0.759. The highest BCUT2D eigenvalue weighted by molar-refractivity contribution is 5.32. The summed E-state index contributed by atoms with van der Waals surface area (Å²) >= 11 is 0. The molecule has 0 unspecified atom stereocenters. The summed E-state index contributed by atoms with van der Waals surface area (Å²) in [6, 6.07) is 7.48. The second-order valence-corrected chi connectivity index (χ2v) is 4.14. The van der Waals surface area contributed by atoms with Gasteiger partial charge >= 0.3 is 0 Å². The first-order chi connectivity index (χ1) is 6.95. The number of aliphatic hydroxyl groups is 1. The molecule has 0 saturated carbocycles. The summed E-state index contributed by atoms with van der Waals surface area (Å²) in [5, 5.41) is 10.3. The van der Waals surface area contributed by atoms with Gasteiger partial charge in [0.2, 0.25) is 0 Å². The molecule has 0 amide bonds. The fraction of sp³-hybridized carbons (Fsp3) is 0.385. The van der Waals surface area contributed by atoms with Crippen LogP contribution in [-0.2, 0) is 5.60 Å². The van der Waals surface area contributed by atoms with Crippen molar-refractivity contribution in [3.05, 3.63) is 42.0 Å². The van der Waals surface area contributed by atoms with E-state index in [0.717, 1.165) is 16.9 Å². The molecule has 1 aromatic rings. The fourth-order valence-corrected chi connectivity index (χ4v) is 1.65. The Bertz CT molecular complexity index is 353. The second-order valence-electron chi connectivity index (χ2n) is 4.14. The van der Waals surface area contributed by atoms with E-state index in [0.29, 0.717) is 6.42 Å². The third-order valence-electron chi connectivity index (χ3n) is 2.34. The van der Waals surface area contributed by atoms with Crippen molar-refractivity contribution in [2.24, 2.45) is 0 Å². The predicted octanol–water partition coefficient (Wildman–Crippen LogP) is 2.87. The predicted molar refractivity (Wildman–Crippen MR) is 62.0 cm³/mol. The summed E-state index contributed by atoms with van der Waals surface area (Å²) in [6.07, 6.45) is 0.556. The van der Waals surface area contributed by atoms with Crippen molar-refractivity contribution in [1.29, 1.82) is 0 Å². The van der Waals surface area contributed by atoms with Crippen molar-refractivity contribution in [1.82, 2.24) is 0 Å². The van der Waals surface area contributed by atoms with Crippen LogP contribution in [0.3, 0.4) is 0 Å². The van der Waals surface area contributed by atoms with E-state index in [1.54, 1.807) is 14.0 Å². The molecule has 1 N–H and O–H groups in total. The van der Waals surface area contributed by atoms with Crippen LogP contribution in [0.1, 0.15) is 25.8 Å². The molecule has 1 aromatic carbocycles. The Kier molecular flexibility index (Phi) is 3.53. The Balaban J connectivity index is 2.98. The minimum atomic E-state index is -0.875. The van der Waals surface area contributed by atoms with Gasteiger partial charge in [0, 0.05) is 6.42 Å². The van der Waals surface area contributed by atoms with Crippen molar-refractivity contribution in [2.45, 2.75) is 25.9 Å². The van der Waals surface area contributed by atoms with Crippen LogP contribution in [-0.4, -0.2) is 12.2 Å². The summed E-state index contributed by atoms with van der Waals surface area (Å²) in [5.41, 5.74) is 0.938. The van der Waals surface area contributed by atoms with Crippen LogP contribution in [0.15, 0.2) is 36.4 Å². The van der Waals surface area contributed by atoms with E-state index in [4.69, 9.17) is 4.74 Å². The highest BCUT2D eigenvalue weighted by Crippen LogP contribution is 2.29. The molecule has 2 heteroatoms. The van der Waals surface area contributed by atoms with E-state index in [9.17, 15) is 5.11 Å². The van der Waals surface area contributed by atoms with Crippen molar-refractivity contribution in [2.75, 3.05) is 7.11 Å².